The van der Waals surface area contributed by atoms with Crippen LogP contribution < -0.4 is 9.47 Å². The van der Waals surface area contributed by atoms with Crippen LogP contribution in [0.3, 0.4) is 0 Å². The van der Waals surface area contributed by atoms with E-state index >= 15 is 0 Å². The maximum Gasteiger partial charge on any atom is 0.338 e. The van der Waals surface area contributed by atoms with Crippen LogP contribution in [0.25, 0.3) is 12.2 Å². The molecule has 3 rings (SSSR count). The van der Waals surface area contributed by atoms with Crippen LogP contribution in [0.15, 0.2) is 47.0 Å². The zero-order valence-electron chi connectivity index (χ0n) is 15.2. The number of methoxy groups -OCH3 is 1. The van der Waals surface area contributed by atoms with E-state index in [2.05, 4.69) is 5.16 Å². The molecular formula is C20H17ClN2O5. The number of nitro groups is 1. The number of aryl methyl sites for hydroxylation is 1. The molecule has 0 aliphatic heterocycles. The molecular weight excluding hydrogens is 384 g/mol. The van der Waals surface area contributed by atoms with E-state index in [4.69, 9.17) is 25.6 Å². The van der Waals surface area contributed by atoms with Crippen molar-refractivity contribution in [1.82, 2.24) is 5.16 Å². The first-order chi connectivity index (χ1) is 13.5. The van der Waals surface area contributed by atoms with E-state index in [0.29, 0.717) is 28.7 Å². The molecule has 7 nitrogen and oxygen atoms in total. The lowest BCUT2D eigenvalue weighted by atomic mass is 10.1. The minimum atomic E-state index is -0.519. The Morgan fingerprint density at radius 3 is 2.64 bits per heavy atom. The van der Waals surface area contributed by atoms with Gasteiger partial charge in [0.05, 0.1) is 12.0 Å². The SMILES string of the molecule is COc1cccc(C=Cc2onc(C)c2[N+](=O)[O-])c1OCc1ccc(Cl)cc1. The Balaban J connectivity index is 1.89. The molecule has 0 bridgehead atoms. The van der Waals surface area contributed by atoms with Crippen molar-refractivity contribution < 1.29 is 18.9 Å². The second-order valence-electron chi connectivity index (χ2n) is 5.87. The van der Waals surface area contributed by atoms with Crippen molar-refractivity contribution >= 4 is 29.4 Å². The van der Waals surface area contributed by atoms with Crippen LogP contribution in [0.2, 0.25) is 5.02 Å². The van der Waals surface area contributed by atoms with Gasteiger partial charge in [-0.15, -0.1) is 0 Å². The van der Waals surface area contributed by atoms with E-state index in [1.54, 1.807) is 37.5 Å². The largest absolute Gasteiger partial charge is 0.493 e. The second-order valence-corrected chi connectivity index (χ2v) is 6.30. The third-order valence-corrected chi connectivity index (χ3v) is 4.23. The average Bonchev–Trinajstić information content (AvgIpc) is 3.06. The fraction of sp³-hybridized carbons (Fsp3) is 0.150. The highest BCUT2D eigenvalue weighted by atomic mass is 35.5. The van der Waals surface area contributed by atoms with Crippen LogP contribution in [-0.2, 0) is 6.61 Å². The topological polar surface area (TPSA) is 87.6 Å². The predicted molar refractivity (Wildman–Crippen MR) is 106 cm³/mol. The summed E-state index contributed by atoms with van der Waals surface area (Å²) >= 11 is 5.91. The Hall–Kier alpha value is -3.32. The summed E-state index contributed by atoms with van der Waals surface area (Å²) in [6.07, 6.45) is 3.15. The summed E-state index contributed by atoms with van der Waals surface area (Å²) in [5.74, 6) is 1.11. The highest BCUT2D eigenvalue weighted by molar-refractivity contribution is 6.30. The fourth-order valence-electron chi connectivity index (χ4n) is 2.59. The molecule has 0 radical (unpaired) electrons. The number of hydrogen-bond donors (Lipinski definition) is 0. The van der Waals surface area contributed by atoms with Gasteiger partial charge in [-0.3, -0.25) is 10.1 Å². The molecule has 0 spiro atoms. The molecule has 0 aliphatic carbocycles. The van der Waals surface area contributed by atoms with E-state index in [1.807, 2.05) is 18.2 Å². The van der Waals surface area contributed by atoms with Crippen molar-refractivity contribution in [2.24, 2.45) is 0 Å². The Morgan fingerprint density at radius 1 is 1.21 bits per heavy atom. The zero-order chi connectivity index (χ0) is 20.1. The van der Waals surface area contributed by atoms with Gasteiger partial charge >= 0.3 is 5.69 Å². The molecule has 0 aliphatic rings. The number of aromatic nitrogens is 1. The van der Waals surface area contributed by atoms with Crippen molar-refractivity contribution in [2.45, 2.75) is 13.5 Å². The maximum absolute atomic E-state index is 11.2. The first-order valence-electron chi connectivity index (χ1n) is 8.32. The number of halogens is 1. The molecule has 3 aromatic rings. The van der Waals surface area contributed by atoms with E-state index in [0.717, 1.165) is 5.56 Å². The molecule has 0 saturated carbocycles. The second kappa shape index (κ2) is 8.58. The van der Waals surface area contributed by atoms with Gasteiger partial charge in [0.2, 0.25) is 5.76 Å². The Morgan fingerprint density at radius 2 is 1.96 bits per heavy atom. The maximum atomic E-state index is 11.2. The molecule has 0 fully saturated rings. The molecule has 28 heavy (non-hydrogen) atoms. The standard InChI is InChI=1S/C20H17ClN2O5/c1-13-19(23(24)25)17(28-22-13)11-8-15-4-3-5-18(26-2)20(15)27-12-14-6-9-16(21)10-7-14/h3-11H,12H2,1-2H3. The highest BCUT2D eigenvalue weighted by Crippen LogP contribution is 2.34. The third-order valence-electron chi connectivity index (χ3n) is 3.98. The van der Waals surface area contributed by atoms with Crippen molar-refractivity contribution in [1.29, 1.82) is 0 Å². The quantitative estimate of drug-likeness (QED) is 0.395. The summed E-state index contributed by atoms with van der Waals surface area (Å²) in [7, 11) is 1.54. The molecule has 0 atom stereocenters. The van der Waals surface area contributed by atoms with Gasteiger partial charge in [-0.2, -0.15) is 0 Å². The summed E-state index contributed by atoms with van der Waals surface area (Å²) in [6, 6.07) is 12.7. The van der Waals surface area contributed by atoms with Crippen LogP contribution in [-0.4, -0.2) is 17.2 Å². The first-order valence-corrected chi connectivity index (χ1v) is 8.70. The minimum absolute atomic E-state index is 0.0639. The van der Waals surface area contributed by atoms with Crippen molar-refractivity contribution in [3.05, 3.63) is 80.2 Å². The summed E-state index contributed by atoms with van der Waals surface area (Å²) in [5, 5.41) is 15.5. The van der Waals surface area contributed by atoms with Gasteiger partial charge in [-0.05, 0) is 42.8 Å². The van der Waals surface area contributed by atoms with Crippen LogP contribution in [0.4, 0.5) is 5.69 Å². The van der Waals surface area contributed by atoms with Gasteiger partial charge in [-0.1, -0.05) is 41.0 Å². The van der Waals surface area contributed by atoms with Crippen LogP contribution in [0.5, 0.6) is 11.5 Å². The minimum Gasteiger partial charge on any atom is -0.493 e. The summed E-state index contributed by atoms with van der Waals surface area (Å²) < 4.78 is 16.4. The van der Waals surface area contributed by atoms with Crippen molar-refractivity contribution in [2.75, 3.05) is 7.11 Å². The predicted octanol–water partition coefficient (Wildman–Crippen LogP) is 5.30. The molecule has 0 unspecified atom stereocenters. The smallest absolute Gasteiger partial charge is 0.338 e. The number of ether oxygens (including phenoxy) is 2. The molecule has 144 valence electrons. The van der Waals surface area contributed by atoms with Gasteiger partial charge in [-0.25, -0.2) is 0 Å². The van der Waals surface area contributed by atoms with Gasteiger partial charge in [0.15, 0.2) is 17.2 Å². The monoisotopic (exact) mass is 400 g/mol. The third kappa shape index (κ3) is 4.32. The lowest BCUT2D eigenvalue weighted by Crippen LogP contribution is -1.99. The van der Waals surface area contributed by atoms with Gasteiger partial charge in [0.1, 0.15) is 6.61 Å². The first kappa shape index (κ1) is 19.4. The molecule has 8 heteroatoms. The van der Waals surface area contributed by atoms with Gasteiger partial charge in [0.25, 0.3) is 0 Å². The van der Waals surface area contributed by atoms with Crippen molar-refractivity contribution in [3.63, 3.8) is 0 Å². The van der Waals surface area contributed by atoms with Crippen molar-refractivity contribution in [3.8, 4) is 11.5 Å². The lowest BCUT2D eigenvalue weighted by molar-refractivity contribution is -0.386. The Kier molecular flexibility index (Phi) is 5.96. The lowest BCUT2D eigenvalue weighted by Gasteiger charge is -2.13. The van der Waals surface area contributed by atoms with E-state index in [1.165, 1.54) is 13.0 Å². The normalized spacial score (nSPS) is 11.0. The number of benzene rings is 2. The summed E-state index contributed by atoms with van der Waals surface area (Å²) in [5.41, 5.74) is 1.67. The molecule has 1 heterocycles. The molecule has 0 saturated heterocycles. The van der Waals surface area contributed by atoms with Gasteiger partial charge in [0, 0.05) is 10.6 Å². The fourth-order valence-corrected chi connectivity index (χ4v) is 2.72. The zero-order valence-corrected chi connectivity index (χ0v) is 16.0. The number of hydrogen-bond acceptors (Lipinski definition) is 6. The average molecular weight is 401 g/mol. The Labute approximate surface area is 166 Å². The summed E-state index contributed by atoms with van der Waals surface area (Å²) in [6.45, 7) is 1.82. The molecule has 0 N–H and O–H groups in total. The molecule has 1 aromatic heterocycles. The summed E-state index contributed by atoms with van der Waals surface area (Å²) in [4.78, 5) is 10.7. The van der Waals surface area contributed by atoms with E-state index in [9.17, 15) is 10.1 Å². The van der Waals surface area contributed by atoms with E-state index in [-0.39, 0.29) is 17.1 Å². The molecule has 0 amide bonds. The number of rotatable bonds is 7. The highest BCUT2D eigenvalue weighted by Gasteiger charge is 2.22. The number of para-hydroxylation sites is 1. The van der Waals surface area contributed by atoms with Crippen LogP contribution in [0.1, 0.15) is 22.6 Å². The van der Waals surface area contributed by atoms with E-state index < -0.39 is 4.92 Å². The van der Waals surface area contributed by atoms with Crippen LogP contribution >= 0.6 is 11.6 Å². The van der Waals surface area contributed by atoms with Gasteiger partial charge < -0.3 is 14.0 Å². The Bertz CT molecular complexity index is 1010. The number of nitrogens with zero attached hydrogens (tertiary/aromatic N) is 2. The van der Waals surface area contributed by atoms with Crippen LogP contribution in [0, 0.1) is 17.0 Å². The molecule has 2 aromatic carbocycles.